The van der Waals surface area contributed by atoms with Crippen LogP contribution in [0.5, 0.6) is 0 Å². The van der Waals surface area contributed by atoms with Gasteiger partial charge in [-0.05, 0) is 18.6 Å². The molecule has 0 unspecified atom stereocenters. The molecule has 0 amide bonds. The number of non-ortho nitro benzene ring substituents is 1. The maximum atomic E-state index is 11.4. The van der Waals surface area contributed by atoms with Gasteiger partial charge >= 0.3 is 0 Å². The second kappa shape index (κ2) is 4.93. The Morgan fingerprint density at radius 2 is 1.88 bits per heavy atom. The van der Waals surface area contributed by atoms with Crippen LogP contribution in [-0.2, 0) is 10.0 Å². The minimum Gasteiger partial charge on any atom is -0.284 e. The Labute approximate surface area is 93.5 Å². The van der Waals surface area contributed by atoms with Crippen LogP contribution < -0.4 is 4.72 Å². The van der Waals surface area contributed by atoms with Crippen molar-refractivity contribution in [2.75, 3.05) is 10.5 Å². The maximum Gasteiger partial charge on any atom is 0.269 e. The van der Waals surface area contributed by atoms with E-state index in [1.165, 1.54) is 24.3 Å². The smallest absolute Gasteiger partial charge is 0.269 e. The second-order valence-electron chi connectivity index (χ2n) is 3.22. The van der Waals surface area contributed by atoms with Gasteiger partial charge in [-0.3, -0.25) is 14.8 Å². The van der Waals surface area contributed by atoms with E-state index in [4.69, 9.17) is 0 Å². The van der Waals surface area contributed by atoms with E-state index in [-0.39, 0.29) is 11.4 Å². The average Bonchev–Trinajstić information content (AvgIpc) is 2.17. The molecule has 1 aromatic carbocycles. The molecule has 88 valence electrons. The number of nitrogens with one attached hydrogen (secondary N) is 1. The van der Waals surface area contributed by atoms with Gasteiger partial charge in [-0.1, -0.05) is 6.92 Å². The van der Waals surface area contributed by atoms with E-state index in [9.17, 15) is 18.5 Å². The summed E-state index contributed by atoms with van der Waals surface area (Å²) < 4.78 is 25.1. The van der Waals surface area contributed by atoms with Crippen molar-refractivity contribution in [2.24, 2.45) is 0 Å². The topological polar surface area (TPSA) is 89.3 Å². The SMILES string of the molecule is CCCS(=O)(=O)Nc1ccc([N+](=O)[O-])cc1. The van der Waals surface area contributed by atoms with Crippen LogP contribution in [0.25, 0.3) is 0 Å². The van der Waals surface area contributed by atoms with Crippen molar-refractivity contribution < 1.29 is 13.3 Å². The number of rotatable bonds is 5. The largest absolute Gasteiger partial charge is 0.284 e. The number of hydrogen-bond donors (Lipinski definition) is 1. The van der Waals surface area contributed by atoms with Gasteiger partial charge < -0.3 is 0 Å². The van der Waals surface area contributed by atoms with E-state index in [1.54, 1.807) is 6.92 Å². The molecule has 1 N–H and O–H groups in total. The van der Waals surface area contributed by atoms with Crippen molar-refractivity contribution >= 4 is 21.4 Å². The highest BCUT2D eigenvalue weighted by Crippen LogP contribution is 2.16. The monoisotopic (exact) mass is 244 g/mol. The molecule has 0 bridgehead atoms. The molecule has 0 aliphatic carbocycles. The van der Waals surface area contributed by atoms with Gasteiger partial charge in [0.15, 0.2) is 0 Å². The van der Waals surface area contributed by atoms with Crippen molar-refractivity contribution in [2.45, 2.75) is 13.3 Å². The zero-order chi connectivity index (χ0) is 12.2. The van der Waals surface area contributed by atoms with E-state index in [1.807, 2.05) is 0 Å². The zero-order valence-corrected chi connectivity index (χ0v) is 9.53. The first-order valence-corrected chi connectivity index (χ1v) is 6.35. The lowest BCUT2D eigenvalue weighted by atomic mass is 10.3. The molecular formula is C9H12N2O4S. The molecule has 0 spiro atoms. The Kier molecular flexibility index (Phi) is 3.83. The molecule has 16 heavy (non-hydrogen) atoms. The standard InChI is InChI=1S/C9H12N2O4S/c1-2-7-16(14,15)10-8-3-5-9(6-4-8)11(12)13/h3-6,10H,2,7H2,1H3. The lowest BCUT2D eigenvalue weighted by molar-refractivity contribution is -0.384. The molecule has 1 rings (SSSR count). The summed E-state index contributed by atoms with van der Waals surface area (Å²) in [6, 6.07) is 5.24. The van der Waals surface area contributed by atoms with Gasteiger partial charge in [0, 0.05) is 17.8 Å². The molecule has 0 heterocycles. The summed E-state index contributed by atoms with van der Waals surface area (Å²) in [5.74, 6) is 0.0317. The second-order valence-corrected chi connectivity index (χ2v) is 5.07. The van der Waals surface area contributed by atoms with Gasteiger partial charge in [0.1, 0.15) is 0 Å². The summed E-state index contributed by atoms with van der Waals surface area (Å²) in [7, 11) is -3.34. The first kappa shape index (κ1) is 12.4. The molecule has 0 radical (unpaired) electrons. The van der Waals surface area contributed by atoms with Crippen molar-refractivity contribution in [3.05, 3.63) is 34.4 Å². The van der Waals surface area contributed by atoms with Crippen LogP contribution in [0.15, 0.2) is 24.3 Å². The van der Waals surface area contributed by atoms with Crippen LogP contribution in [0.3, 0.4) is 0 Å². The van der Waals surface area contributed by atoms with Crippen molar-refractivity contribution in [1.29, 1.82) is 0 Å². The van der Waals surface area contributed by atoms with Gasteiger partial charge in [0.25, 0.3) is 5.69 Å². The zero-order valence-electron chi connectivity index (χ0n) is 8.71. The molecule has 7 heteroatoms. The van der Waals surface area contributed by atoms with E-state index in [2.05, 4.69) is 4.72 Å². The predicted molar refractivity (Wildman–Crippen MR) is 60.8 cm³/mol. The Morgan fingerprint density at radius 3 is 2.31 bits per heavy atom. The summed E-state index contributed by atoms with van der Waals surface area (Å²) in [5.41, 5.74) is 0.262. The van der Waals surface area contributed by atoms with Crippen LogP contribution in [-0.4, -0.2) is 19.1 Å². The Morgan fingerprint density at radius 1 is 1.31 bits per heavy atom. The van der Waals surface area contributed by atoms with Crippen LogP contribution in [0.1, 0.15) is 13.3 Å². The third-order valence-corrected chi connectivity index (χ3v) is 3.32. The molecule has 0 aliphatic heterocycles. The van der Waals surface area contributed by atoms with E-state index < -0.39 is 14.9 Å². The molecule has 0 saturated carbocycles. The van der Waals surface area contributed by atoms with Gasteiger partial charge in [-0.25, -0.2) is 8.42 Å². The Hall–Kier alpha value is -1.63. The van der Waals surface area contributed by atoms with E-state index >= 15 is 0 Å². The third-order valence-electron chi connectivity index (χ3n) is 1.82. The summed E-state index contributed by atoms with van der Waals surface area (Å²) in [4.78, 5) is 9.83. The fraction of sp³-hybridized carbons (Fsp3) is 0.333. The minimum absolute atomic E-state index is 0.0317. The number of nitrogens with zero attached hydrogens (tertiary/aromatic N) is 1. The number of nitro benzene ring substituents is 1. The number of sulfonamides is 1. The van der Waals surface area contributed by atoms with Gasteiger partial charge in [0.05, 0.1) is 10.7 Å². The lowest BCUT2D eigenvalue weighted by Crippen LogP contribution is -2.15. The van der Waals surface area contributed by atoms with Crippen LogP contribution in [0.2, 0.25) is 0 Å². The predicted octanol–water partition coefficient (Wildman–Crippen LogP) is 1.75. The van der Waals surface area contributed by atoms with Crippen molar-refractivity contribution in [3.63, 3.8) is 0 Å². The third kappa shape index (κ3) is 3.50. The van der Waals surface area contributed by atoms with Crippen molar-refractivity contribution in [1.82, 2.24) is 0 Å². The fourth-order valence-electron chi connectivity index (χ4n) is 1.15. The van der Waals surface area contributed by atoms with Gasteiger partial charge in [-0.15, -0.1) is 0 Å². The van der Waals surface area contributed by atoms with Crippen molar-refractivity contribution in [3.8, 4) is 0 Å². The van der Waals surface area contributed by atoms with Gasteiger partial charge in [-0.2, -0.15) is 0 Å². The molecule has 0 atom stereocenters. The number of benzene rings is 1. The quantitative estimate of drug-likeness (QED) is 0.631. The summed E-state index contributed by atoms with van der Waals surface area (Å²) in [5, 5.41) is 10.4. The Bertz CT molecular complexity index is 467. The number of nitro groups is 1. The summed E-state index contributed by atoms with van der Waals surface area (Å²) >= 11 is 0. The van der Waals surface area contributed by atoms with Gasteiger partial charge in [0.2, 0.25) is 10.0 Å². The summed E-state index contributed by atoms with van der Waals surface area (Å²) in [6.45, 7) is 1.76. The highest BCUT2D eigenvalue weighted by Gasteiger charge is 2.10. The minimum atomic E-state index is -3.34. The van der Waals surface area contributed by atoms with Crippen LogP contribution >= 0.6 is 0 Å². The first-order chi connectivity index (χ1) is 7.44. The number of anilines is 1. The first-order valence-electron chi connectivity index (χ1n) is 4.69. The molecule has 6 nitrogen and oxygen atoms in total. The molecule has 1 aromatic rings. The summed E-state index contributed by atoms with van der Waals surface area (Å²) in [6.07, 6.45) is 0.516. The highest BCUT2D eigenvalue weighted by molar-refractivity contribution is 7.92. The Balaban J connectivity index is 2.80. The number of hydrogen-bond acceptors (Lipinski definition) is 4. The highest BCUT2D eigenvalue weighted by atomic mass is 32.2. The van der Waals surface area contributed by atoms with E-state index in [0.717, 1.165) is 0 Å². The average molecular weight is 244 g/mol. The van der Waals surface area contributed by atoms with Crippen LogP contribution in [0.4, 0.5) is 11.4 Å². The molecule has 0 aliphatic rings. The maximum absolute atomic E-state index is 11.4. The van der Waals surface area contributed by atoms with E-state index in [0.29, 0.717) is 12.1 Å². The molecule has 0 aromatic heterocycles. The lowest BCUT2D eigenvalue weighted by Gasteiger charge is -2.05. The molecule has 0 fully saturated rings. The molecule has 0 saturated heterocycles. The molecular weight excluding hydrogens is 232 g/mol. The fourth-order valence-corrected chi connectivity index (χ4v) is 2.29. The van der Waals surface area contributed by atoms with Crippen LogP contribution in [0, 0.1) is 10.1 Å². The normalized spacial score (nSPS) is 11.1.